The van der Waals surface area contributed by atoms with Crippen LogP contribution >= 0.6 is 27.5 Å². The van der Waals surface area contributed by atoms with Crippen molar-refractivity contribution in [3.8, 4) is 11.5 Å². The molecule has 0 atom stereocenters. The van der Waals surface area contributed by atoms with Crippen molar-refractivity contribution in [1.29, 1.82) is 0 Å². The van der Waals surface area contributed by atoms with Crippen LogP contribution in [0.4, 0.5) is 0 Å². The topological polar surface area (TPSA) is 65.7 Å². The number of nitrogens with zero attached hydrogens (tertiary/aromatic N) is 3. The Hall–Kier alpha value is -2.64. The number of hydrogen-bond acceptors (Lipinski definition) is 5. The van der Waals surface area contributed by atoms with Crippen molar-refractivity contribution < 1.29 is 9.47 Å². The average molecular weight is 505 g/mol. The summed E-state index contributed by atoms with van der Waals surface area (Å²) in [5.41, 5.74) is 1.05. The predicted octanol–water partition coefficient (Wildman–Crippen LogP) is 5.78. The van der Waals surface area contributed by atoms with Crippen molar-refractivity contribution in [1.82, 2.24) is 9.66 Å². The van der Waals surface area contributed by atoms with Gasteiger partial charge in [0.15, 0.2) is 11.5 Å². The Kier molecular flexibility index (Phi) is 7.51. The number of rotatable bonds is 8. The fourth-order valence-corrected chi connectivity index (χ4v) is 3.62. The molecule has 0 amide bonds. The molecule has 8 heteroatoms. The lowest BCUT2D eigenvalue weighted by Gasteiger charge is -2.14. The van der Waals surface area contributed by atoms with E-state index in [2.05, 4.69) is 32.6 Å². The number of benzene rings is 2. The molecule has 3 aromatic rings. The van der Waals surface area contributed by atoms with Gasteiger partial charge in [-0.1, -0.05) is 54.0 Å². The molecule has 0 saturated heterocycles. The third-order valence-electron chi connectivity index (χ3n) is 4.35. The Labute approximate surface area is 194 Å². The molecular formula is C23H23BrClN3O3. The standard InChI is InChI=1S/C23H23BrClN3O3/c1-5-9-31-21-18(25)10-15(11-20(21)30-6-2)13-26-28-22(14(3)4)27-19-8-7-16(24)12-17(19)23(28)29/h5,7-8,10-14H,1,6,9H2,2-4H3. The first-order valence-electron chi connectivity index (χ1n) is 9.82. The van der Waals surface area contributed by atoms with Crippen LogP contribution in [0, 0.1) is 0 Å². The molecule has 0 fully saturated rings. The third-order valence-corrected chi connectivity index (χ3v) is 5.12. The first-order chi connectivity index (χ1) is 14.8. The zero-order valence-electron chi connectivity index (χ0n) is 17.6. The van der Waals surface area contributed by atoms with Crippen LogP contribution in [0.5, 0.6) is 11.5 Å². The molecule has 0 spiro atoms. The quantitative estimate of drug-likeness (QED) is 0.288. The maximum Gasteiger partial charge on any atom is 0.282 e. The molecule has 0 unspecified atom stereocenters. The number of ether oxygens (including phenoxy) is 2. The Morgan fingerprint density at radius 1 is 1.29 bits per heavy atom. The van der Waals surface area contributed by atoms with Crippen LogP contribution in [-0.2, 0) is 0 Å². The smallest absolute Gasteiger partial charge is 0.282 e. The molecule has 2 aromatic carbocycles. The Morgan fingerprint density at radius 2 is 2.06 bits per heavy atom. The molecule has 0 bridgehead atoms. The first kappa shape index (κ1) is 23.0. The molecular weight excluding hydrogens is 482 g/mol. The first-order valence-corrected chi connectivity index (χ1v) is 11.0. The summed E-state index contributed by atoms with van der Waals surface area (Å²) in [6.45, 7) is 10.2. The maximum atomic E-state index is 13.1. The molecule has 0 radical (unpaired) electrons. The maximum absolute atomic E-state index is 13.1. The van der Waals surface area contributed by atoms with E-state index in [-0.39, 0.29) is 11.5 Å². The zero-order valence-corrected chi connectivity index (χ0v) is 19.9. The SMILES string of the molecule is C=CCOc1c(Cl)cc(C=Nn2c(C(C)C)nc3ccc(Br)cc3c2=O)cc1OCC. The van der Waals surface area contributed by atoms with Crippen molar-refractivity contribution in [2.75, 3.05) is 13.2 Å². The van der Waals surface area contributed by atoms with Gasteiger partial charge in [0, 0.05) is 10.4 Å². The molecule has 31 heavy (non-hydrogen) atoms. The van der Waals surface area contributed by atoms with Gasteiger partial charge in [0.25, 0.3) is 5.56 Å². The minimum Gasteiger partial charge on any atom is -0.490 e. The van der Waals surface area contributed by atoms with Crippen LogP contribution in [0.25, 0.3) is 10.9 Å². The minimum absolute atomic E-state index is 0.00449. The molecule has 162 valence electrons. The fourth-order valence-electron chi connectivity index (χ4n) is 2.98. The lowest BCUT2D eigenvalue weighted by atomic mass is 10.2. The van der Waals surface area contributed by atoms with E-state index in [4.69, 9.17) is 21.1 Å². The summed E-state index contributed by atoms with van der Waals surface area (Å²) in [5.74, 6) is 1.50. The Bertz CT molecular complexity index is 1200. The van der Waals surface area contributed by atoms with E-state index in [1.807, 2.05) is 32.9 Å². The van der Waals surface area contributed by atoms with Crippen LogP contribution in [-0.4, -0.2) is 29.1 Å². The number of aromatic nitrogens is 2. The summed E-state index contributed by atoms with van der Waals surface area (Å²) in [7, 11) is 0. The predicted molar refractivity (Wildman–Crippen MR) is 129 cm³/mol. The summed E-state index contributed by atoms with van der Waals surface area (Å²) >= 11 is 9.82. The number of fused-ring (bicyclic) bond motifs is 1. The van der Waals surface area contributed by atoms with Crippen molar-refractivity contribution in [2.45, 2.75) is 26.7 Å². The molecule has 0 aliphatic carbocycles. The highest BCUT2D eigenvalue weighted by Gasteiger charge is 2.15. The van der Waals surface area contributed by atoms with Gasteiger partial charge in [0.2, 0.25) is 0 Å². The highest BCUT2D eigenvalue weighted by Crippen LogP contribution is 2.36. The lowest BCUT2D eigenvalue weighted by Crippen LogP contribution is -2.23. The van der Waals surface area contributed by atoms with Crippen molar-refractivity contribution >= 4 is 44.6 Å². The van der Waals surface area contributed by atoms with Crippen molar-refractivity contribution in [2.24, 2.45) is 5.10 Å². The van der Waals surface area contributed by atoms with E-state index < -0.39 is 0 Å². The van der Waals surface area contributed by atoms with Crippen molar-refractivity contribution in [3.63, 3.8) is 0 Å². The van der Waals surface area contributed by atoms with E-state index >= 15 is 0 Å². The van der Waals surface area contributed by atoms with Crippen LogP contribution in [0.2, 0.25) is 5.02 Å². The van der Waals surface area contributed by atoms with Gasteiger partial charge in [-0.25, -0.2) is 4.98 Å². The van der Waals surface area contributed by atoms with Crippen molar-refractivity contribution in [3.05, 3.63) is 74.2 Å². The Balaban J connectivity index is 2.10. The van der Waals surface area contributed by atoms with Gasteiger partial charge >= 0.3 is 0 Å². The lowest BCUT2D eigenvalue weighted by molar-refractivity contribution is 0.297. The summed E-state index contributed by atoms with van der Waals surface area (Å²) in [6.07, 6.45) is 3.19. The second-order valence-corrected chi connectivity index (χ2v) is 8.33. The van der Waals surface area contributed by atoms with E-state index in [9.17, 15) is 4.79 Å². The van der Waals surface area contributed by atoms with Crippen LogP contribution in [0.15, 0.2) is 57.4 Å². The molecule has 0 aliphatic rings. The second kappa shape index (κ2) is 10.1. The number of hydrogen-bond donors (Lipinski definition) is 0. The Morgan fingerprint density at radius 3 is 2.74 bits per heavy atom. The van der Waals surface area contributed by atoms with E-state index in [0.717, 1.165) is 4.47 Å². The van der Waals surface area contributed by atoms with Gasteiger partial charge in [0.05, 0.1) is 28.7 Å². The fraction of sp³-hybridized carbons (Fsp3) is 0.261. The third kappa shape index (κ3) is 5.17. The van der Waals surface area contributed by atoms with Gasteiger partial charge < -0.3 is 9.47 Å². The van der Waals surface area contributed by atoms with Gasteiger partial charge in [-0.15, -0.1) is 0 Å². The van der Waals surface area contributed by atoms with Gasteiger partial charge in [-0.05, 0) is 42.8 Å². The van der Waals surface area contributed by atoms with E-state index in [1.54, 1.807) is 30.5 Å². The average Bonchev–Trinajstić information content (AvgIpc) is 2.73. The zero-order chi connectivity index (χ0) is 22.5. The van der Waals surface area contributed by atoms with Crippen LogP contribution in [0.1, 0.15) is 38.1 Å². The molecule has 1 heterocycles. The van der Waals surface area contributed by atoms with Gasteiger partial charge in [-0.2, -0.15) is 9.78 Å². The second-order valence-electron chi connectivity index (χ2n) is 7.01. The highest BCUT2D eigenvalue weighted by atomic mass is 79.9. The minimum atomic E-state index is -0.242. The highest BCUT2D eigenvalue weighted by molar-refractivity contribution is 9.10. The summed E-state index contributed by atoms with van der Waals surface area (Å²) in [4.78, 5) is 17.8. The van der Waals surface area contributed by atoms with E-state index in [0.29, 0.717) is 52.0 Å². The normalized spacial score (nSPS) is 11.4. The molecule has 0 N–H and O–H groups in total. The summed E-state index contributed by atoms with van der Waals surface area (Å²) in [5, 5.41) is 5.31. The monoisotopic (exact) mass is 503 g/mol. The molecule has 0 saturated carbocycles. The number of halogens is 2. The van der Waals surface area contributed by atoms with Crippen LogP contribution in [0.3, 0.4) is 0 Å². The molecule has 0 aliphatic heterocycles. The molecule has 6 nitrogen and oxygen atoms in total. The summed E-state index contributed by atoms with van der Waals surface area (Å²) in [6, 6.07) is 8.90. The van der Waals surface area contributed by atoms with E-state index in [1.165, 1.54) is 4.68 Å². The van der Waals surface area contributed by atoms with Gasteiger partial charge in [-0.3, -0.25) is 4.79 Å². The van der Waals surface area contributed by atoms with Gasteiger partial charge in [0.1, 0.15) is 12.4 Å². The summed E-state index contributed by atoms with van der Waals surface area (Å²) < 4.78 is 13.4. The largest absolute Gasteiger partial charge is 0.490 e. The molecule has 3 rings (SSSR count). The van der Waals surface area contributed by atoms with Crippen LogP contribution < -0.4 is 15.0 Å². The molecule has 1 aromatic heterocycles.